The highest BCUT2D eigenvalue weighted by Gasteiger charge is 2.35. The van der Waals surface area contributed by atoms with Gasteiger partial charge in [0, 0.05) is 6.54 Å². The molecule has 1 atom stereocenters. The number of hydrogen-bond donors (Lipinski definition) is 0. The van der Waals surface area contributed by atoms with Gasteiger partial charge in [0.05, 0.1) is 16.7 Å². The van der Waals surface area contributed by atoms with Crippen molar-refractivity contribution in [3.05, 3.63) is 21.9 Å². The second kappa shape index (κ2) is 6.40. The van der Waals surface area contributed by atoms with Crippen LogP contribution in [0, 0.1) is 0 Å². The van der Waals surface area contributed by atoms with Gasteiger partial charge in [-0.15, -0.1) is 0 Å². The van der Waals surface area contributed by atoms with Crippen LogP contribution in [0.3, 0.4) is 0 Å². The molecule has 0 spiro atoms. The Morgan fingerprint density at radius 1 is 1.57 bits per heavy atom. The van der Waals surface area contributed by atoms with E-state index >= 15 is 0 Å². The second-order valence-corrected chi connectivity index (χ2v) is 7.08. The van der Waals surface area contributed by atoms with E-state index in [1.807, 2.05) is 20.8 Å². The first-order valence-electron chi connectivity index (χ1n) is 6.70. The predicted molar refractivity (Wildman–Crippen MR) is 83.8 cm³/mol. The molecule has 0 aliphatic carbocycles. The van der Waals surface area contributed by atoms with Crippen LogP contribution in [0.2, 0.25) is 5.15 Å². The first kappa shape index (κ1) is 16.4. The summed E-state index contributed by atoms with van der Waals surface area (Å²) < 4.78 is 11.7. The van der Waals surface area contributed by atoms with Gasteiger partial charge in [-0.2, -0.15) is 0 Å². The monoisotopic (exact) mass is 376 g/mol. The maximum Gasteiger partial charge on any atom is 0.410 e. The van der Waals surface area contributed by atoms with Crippen LogP contribution in [-0.2, 0) is 4.74 Å². The molecule has 0 N–H and O–H groups in total. The molecule has 1 aliphatic heterocycles. The molecule has 0 unspecified atom stereocenters. The lowest BCUT2D eigenvalue weighted by Gasteiger charge is -2.40. The summed E-state index contributed by atoms with van der Waals surface area (Å²) in [5.41, 5.74) is -0.483. The summed E-state index contributed by atoms with van der Waals surface area (Å²) in [6.07, 6.45) is 2.17. The highest BCUT2D eigenvalue weighted by atomic mass is 79.9. The van der Waals surface area contributed by atoms with Crippen LogP contribution in [0.4, 0.5) is 4.79 Å². The zero-order chi connectivity index (χ0) is 15.6. The van der Waals surface area contributed by atoms with Crippen molar-refractivity contribution in [1.82, 2.24) is 9.88 Å². The molecule has 0 bridgehead atoms. The van der Waals surface area contributed by atoms with Gasteiger partial charge in [-0.25, -0.2) is 9.78 Å². The number of halogens is 2. The zero-order valence-corrected chi connectivity index (χ0v) is 14.6. The van der Waals surface area contributed by atoms with Gasteiger partial charge in [-0.3, -0.25) is 0 Å². The summed E-state index contributed by atoms with van der Waals surface area (Å²) >= 11 is 9.12. The summed E-state index contributed by atoms with van der Waals surface area (Å²) in [5.74, 6) is 0.613. The fraction of sp³-hybridized carbons (Fsp3) is 0.571. The quantitative estimate of drug-likeness (QED) is 0.750. The van der Waals surface area contributed by atoms with Crippen LogP contribution < -0.4 is 4.74 Å². The van der Waals surface area contributed by atoms with Crippen molar-refractivity contribution < 1.29 is 14.3 Å². The van der Waals surface area contributed by atoms with Crippen LogP contribution in [0.25, 0.3) is 0 Å². The Balaban J connectivity index is 1.86. The third kappa shape index (κ3) is 4.48. The minimum atomic E-state index is -0.483. The van der Waals surface area contributed by atoms with E-state index in [0.717, 1.165) is 6.42 Å². The Morgan fingerprint density at radius 3 is 2.81 bits per heavy atom. The lowest BCUT2D eigenvalue weighted by atomic mass is 10.1. The van der Waals surface area contributed by atoms with E-state index in [4.69, 9.17) is 21.1 Å². The molecule has 0 aromatic carbocycles. The number of hydrogen-bond acceptors (Lipinski definition) is 4. The maximum atomic E-state index is 12.0. The first-order valence-corrected chi connectivity index (χ1v) is 7.87. The van der Waals surface area contributed by atoms with Crippen molar-refractivity contribution in [2.45, 2.75) is 38.8 Å². The van der Waals surface area contributed by atoms with Crippen molar-refractivity contribution in [1.29, 1.82) is 0 Å². The number of pyridine rings is 1. The SMILES string of the molecule is CC(C)(C)OC(=O)N1CC[C@H]1COc1cnc(Cl)c(Br)c1. The van der Waals surface area contributed by atoms with Crippen molar-refractivity contribution in [2.24, 2.45) is 0 Å². The standard InChI is InChI=1S/C14H18BrClN2O3/c1-14(2,3)21-13(19)18-5-4-9(18)8-20-10-6-11(15)12(16)17-7-10/h6-7,9H,4-5,8H2,1-3H3/t9-/m0/s1. The van der Waals surface area contributed by atoms with Crippen LogP contribution in [0.1, 0.15) is 27.2 Å². The van der Waals surface area contributed by atoms with Crippen LogP contribution in [0.5, 0.6) is 5.75 Å². The van der Waals surface area contributed by atoms with Crippen molar-refractivity contribution >= 4 is 33.6 Å². The van der Waals surface area contributed by atoms with E-state index in [-0.39, 0.29) is 12.1 Å². The Labute approximate surface area is 137 Å². The van der Waals surface area contributed by atoms with Gasteiger partial charge in [0.1, 0.15) is 23.1 Å². The van der Waals surface area contributed by atoms with Crippen molar-refractivity contribution in [2.75, 3.05) is 13.2 Å². The molecule has 2 heterocycles. The molecule has 21 heavy (non-hydrogen) atoms. The average Bonchev–Trinajstić information content (AvgIpc) is 2.30. The number of carbonyl (C=O) groups excluding carboxylic acids is 1. The normalized spacial score (nSPS) is 18.1. The number of carbonyl (C=O) groups is 1. The molecule has 1 fully saturated rings. The van der Waals surface area contributed by atoms with Gasteiger partial charge >= 0.3 is 6.09 Å². The van der Waals surface area contributed by atoms with E-state index in [1.54, 1.807) is 17.2 Å². The molecular weight excluding hydrogens is 360 g/mol. The lowest BCUT2D eigenvalue weighted by molar-refractivity contribution is -0.0141. The van der Waals surface area contributed by atoms with Gasteiger partial charge in [-0.1, -0.05) is 11.6 Å². The summed E-state index contributed by atoms with van der Waals surface area (Å²) in [4.78, 5) is 17.6. The molecule has 1 aromatic rings. The molecule has 7 heteroatoms. The summed E-state index contributed by atoms with van der Waals surface area (Å²) in [5, 5.41) is 0.390. The van der Waals surface area contributed by atoms with Gasteiger partial charge in [0.2, 0.25) is 0 Å². The first-order chi connectivity index (χ1) is 9.76. The van der Waals surface area contributed by atoms with E-state index in [9.17, 15) is 4.79 Å². The number of aromatic nitrogens is 1. The minimum Gasteiger partial charge on any atom is -0.490 e. The molecule has 1 saturated heterocycles. The minimum absolute atomic E-state index is 0.0364. The Morgan fingerprint density at radius 2 is 2.29 bits per heavy atom. The molecule has 1 aliphatic rings. The molecule has 1 amide bonds. The van der Waals surface area contributed by atoms with Crippen molar-refractivity contribution in [3.63, 3.8) is 0 Å². The number of rotatable bonds is 3. The summed E-state index contributed by atoms with van der Waals surface area (Å²) in [7, 11) is 0. The van der Waals surface area contributed by atoms with Gasteiger partial charge in [-0.05, 0) is 49.2 Å². The number of ether oxygens (including phenoxy) is 2. The Hall–Kier alpha value is -1.01. The maximum absolute atomic E-state index is 12.0. The van der Waals surface area contributed by atoms with Crippen molar-refractivity contribution in [3.8, 4) is 5.75 Å². The predicted octanol–water partition coefficient (Wildman–Crippen LogP) is 3.89. The van der Waals surface area contributed by atoms with Gasteiger partial charge < -0.3 is 14.4 Å². The molecule has 5 nitrogen and oxygen atoms in total. The second-order valence-electron chi connectivity index (χ2n) is 5.87. The smallest absolute Gasteiger partial charge is 0.410 e. The number of nitrogens with zero attached hydrogens (tertiary/aromatic N) is 2. The summed E-state index contributed by atoms with van der Waals surface area (Å²) in [6.45, 7) is 6.67. The number of likely N-dealkylation sites (tertiary alicyclic amines) is 1. The molecule has 1 aromatic heterocycles. The van der Waals surface area contributed by atoms with Gasteiger partial charge in [0.25, 0.3) is 0 Å². The highest BCUT2D eigenvalue weighted by molar-refractivity contribution is 9.10. The lowest BCUT2D eigenvalue weighted by Crippen LogP contribution is -2.55. The van der Waals surface area contributed by atoms with Gasteiger partial charge in [0.15, 0.2) is 0 Å². The molecule has 116 valence electrons. The summed E-state index contributed by atoms with van der Waals surface area (Å²) in [6, 6.07) is 1.79. The van der Waals surface area contributed by atoms with Crippen LogP contribution >= 0.6 is 27.5 Å². The molecule has 0 saturated carbocycles. The van der Waals surface area contributed by atoms with E-state index in [1.165, 1.54) is 0 Å². The third-order valence-electron chi connectivity index (χ3n) is 2.99. The van der Waals surface area contributed by atoms with E-state index in [0.29, 0.717) is 28.5 Å². The van der Waals surface area contributed by atoms with E-state index < -0.39 is 5.60 Å². The Kier molecular flexibility index (Phi) is 4.99. The van der Waals surface area contributed by atoms with E-state index in [2.05, 4.69) is 20.9 Å². The topological polar surface area (TPSA) is 51.7 Å². The fourth-order valence-corrected chi connectivity index (χ4v) is 2.28. The number of amides is 1. The van der Waals surface area contributed by atoms with Crippen LogP contribution in [0.15, 0.2) is 16.7 Å². The average molecular weight is 378 g/mol. The Bertz CT molecular complexity index is 533. The third-order valence-corrected chi connectivity index (χ3v) is 4.12. The zero-order valence-electron chi connectivity index (χ0n) is 12.2. The largest absolute Gasteiger partial charge is 0.490 e. The molecule has 2 rings (SSSR count). The van der Waals surface area contributed by atoms with Crippen LogP contribution in [-0.4, -0.2) is 40.8 Å². The molecule has 0 radical (unpaired) electrons. The fourth-order valence-electron chi connectivity index (χ4n) is 1.85. The molecular formula is C14H18BrClN2O3. The highest BCUT2D eigenvalue weighted by Crippen LogP contribution is 2.26.